The lowest BCUT2D eigenvalue weighted by molar-refractivity contribution is -0.145. The summed E-state index contributed by atoms with van der Waals surface area (Å²) < 4.78 is 22.2. The lowest BCUT2D eigenvalue weighted by atomic mass is 9.92. The van der Waals surface area contributed by atoms with Crippen LogP contribution in [0, 0.1) is 11.8 Å². The molecule has 1 saturated heterocycles. The van der Waals surface area contributed by atoms with Gasteiger partial charge in [-0.15, -0.1) is 0 Å². The molecule has 5 nitrogen and oxygen atoms in total. The minimum Gasteiger partial charge on any atom is -0.493 e. The van der Waals surface area contributed by atoms with Crippen molar-refractivity contribution in [3.63, 3.8) is 0 Å². The molecular weight excluding hydrogens is 344 g/mol. The third-order valence-electron chi connectivity index (χ3n) is 5.02. The van der Waals surface area contributed by atoms with Crippen LogP contribution in [0.3, 0.4) is 0 Å². The SMILES string of the molecule is CCc1ccc(COCCC2C[C@@H](C(C)C)C(=O)O2)cc1OCCCOC. The summed E-state index contributed by atoms with van der Waals surface area (Å²) in [5, 5.41) is 0. The number of carbonyl (C=O) groups excluding carboxylic acids is 1. The van der Waals surface area contributed by atoms with Crippen molar-refractivity contribution in [1.29, 1.82) is 0 Å². The molecule has 152 valence electrons. The summed E-state index contributed by atoms with van der Waals surface area (Å²) in [4.78, 5) is 11.8. The number of benzene rings is 1. The van der Waals surface area contributed by atoms with Crippen molar-refractivity contribution in [2.24, 2.45) is 11.8 Å². The Hall–Kier alpha value is -1.59. The number of methoxy groups -OCH3 is 1. The van der Waals surface area contributed by atoms with Crippen molar-refractivity contribution in [3.05, 3.63) is 29.3 Å². The van der Waals surface area contributed by atoms with E-state index in [0.29, 0.717) is 32.3 Å². The summed E-state index contributed by atoms with van der Waals surface area (Å²) in [5.74, 6) is 1.25. The summed E-state index contributed by atoms with van der Waals surface area (Å²) >= 11 is 0. The van der Waals surface area contributed by atoms with Crippen LogP contribution in [0.15, 0.2) is 18.2 Å². The predicted octanol–water partition coefficient (Wildman–Crippen LogP) is 4.16. The molecule has 1 aliphatic heterocycles. The maximum absolute atomic E-state index is 11.8. The van der Waals surface area contributed by atoms with Crippen molar-refractivity contribution in [3.8, 4) is 5.75 Å². The van der Waals surface area contributed by atoms with E-state index in [2.05, 4.69) is 39.0 Å². The van der Waals surface area contributed by atoms with E-state index < -0.39 is 0 Å². The highest BCUT2D eigenvalue weighted by Crippen LogP contribution is 2.29. The fourth-order valence-corrected chi connectivity index (χ4v) is 3.31. The van der Waals surface area contributed by atoms with Gasteiger partial charge in [-0.1, -0.05) is 32.9 Å². The number of aryl methyl sites for hydroxylation is 1. The van der Waals surface area contributed by atoms with Crippen LogP contribution in [0.5, 0.6) is 5.75 Å². The molecule has 0 N–H and O–H groups in total. The molecule has 0 aromatic heterocycles. The summed E-state index contributed by atoms with van der Waals surface area (Å²) in [7, 11) is 1.70. The Labute approximate surface area is 163 Å². The van der Waals surface area contributed by atoms with Crippen LogP contribution in [0.25, 0.3) is 0 Å². The van der Waals surface area contributed by atoms with Crippen molar-refractivity contribution >= 4 is 5.97 Å². The minimum atomic E-state index is -0.0552. The first-order valence-electron chi connectivity index (χ1n) is 10.1. The van der Waals surface area contributed by atoms with E-state index in [-0.39, 0.29) is 18.0 Å². The van der Waals surface area contributed by atoms with E-state index in [0.717, 1.165) is 37.0 Å². The minimum absolute atomic E-state index is 0.00736. The van der Waals surface area contributed by atoms with Crippen LogP contribution < -0.4 is 4.74 Å². The highest BCUT2D eigenvalue weighted by molar-refractivity contribution is 5.74. The number of cyclic esters (lactones) is 1. The smallest absolute Gasteiger partial charge is 0.309 e. The molecule has 0 spiro atoms. The third-order valence-corrected chi connectivity index (χ3v) is 5.02. The normalized spacial score (nSPS) is 19.5. The number of ether oxygens (including phenoxy) is 4. The summed E-state index contributed by atoms with van der Waals surface area (Å²) in [5.41, 5.74) is 2.30. The van der Waals surface area contributed by atoms with Crippen LogP contribution in [0.2, 0.25) is 0 Å². The van der Waals surface area contributed by atoms with E-state index in [1.807, 2.05) is 0 Å². The quantitative estimate of drug-likeness (QED) is 0.404. The van der Waals surface area contributed by atoms with Gasteiger partial charge in [-0.2, -0.15) is 0 Å². The van der Waals surface area contributed by atoms with Crippen LogP contribution in [-0.2, 0) is 32.0 Å². The van der Waals surface area contributed by atoms with Crippen LogP contribution in [-0.4, -0.2) is 39.0 Å². The second-order valence-electron chi connectivity index (χ2n) is 7.48. The summed E-state index contributed by atoms with van der Waals surface area (Å²) in [6.07, 6.45) is 3.36. The number of carbonyl (C=O) groups is 1. The first-order valence-corrected chi connectivity index (χ1v) is 10.1. The molecule has 1 aromatic rings. The van der Waals surface area contributed by atoms with Crippen LogP contribution in [0.4, 0.5) is 0 Å². The largest absolute Gasteiger partial charge is 0.493 e. The average molecular weight is 379 g/mol. The molecule has 0 bridgehead atoms. The van der Waals surface area contributed by atoms with Gasteiger partial charge in [0.15, 0.2) is 0 Å². The highest BCUT2D eigenvalue weighted by atomic mass is 16.6. The Kier molecular flexibility index (Phi) is 9.08. The fourth-order valence-electron chi connectivity index (χ4n) is 3.31. The Bertz CT molecular complexity index is 584. The molecule has 27 heavy (non-hydrogen) atoms. The Morgan fingerprint density at radius 3 is 2.70 bits per heavy atom. The molecule has 1 fully saturated rings. The molecule has 5 heteroatoms. The number of esters is 1. The molecule has 2 rings (SSSR count). The van der Waals surface area contributed by atoms with Gasteiger partial charge in [0, 0.05) is 26.6 Å². The number of rotatable bonds is 12. The van der Waals surface area contributed by atoms with E-state index in [1.54, 1.807) is 7.11 Å². The van der Waals surface area contributed by atoms with Gasteiger partial charge in [-0.3, -0.25) is 4.79 Å². The molecule has 1 unspecified atom stereocenters. The molecule has 1 heterocycles. The van der Waals surface area contributed by atoms with Crippen molar-refractivity contribution in [1.82, 2.24) is 0 Å². The lowest BCUT2D eigenvalue weighted by Crippen LogP contribution is -2.13. The monoisotopic (exact) mass is 378 g/mol. The number of hydrogen-bond donors (Lipinski definition) is 0. The van der Waals surface area contributed by atoms with Crippen molar-refractivity contribution in [2.45, 2.75) is 59.2 Å². The maximum atomic E-state index is 11.8. The Morgan fingerprint density at radius 2 is 2.04 bits per heavy atom. The molecule has 2 atom stereocenters. The van der Waals surface area contributed by atoms with Gasteiger partial charge in [0.2, 0.25) is 0 Å². The zero-order valence-electron chi connectivity index (χ0n) is 17.2. The van der Waals surface area contributed by atoms with Gasteiger partial charge in [0.05, 0.1) is 25.7 Å². The predicted molar refractivity (Wildman–Crippen MR) is 105 cm³/mol. The zero-order chi connectivity index (χ0) is 19.6. The van der Waals surface area contributed by atoms with Gasteiger partial charge in [0.1, 0.15) is 11.9 Å². The second-order valence-corrected chi connectivity index (χ2v) is 7.48. The molecule has 1 aliphatic rings. The lowest BCUT2D eigenvalue weighted by Gasteiger charge is -2.13. The van der Waals surface area contributed by atoms with Gasteiger partial charge in [-0.25, -0.2) is 0 Å². The van der Waals surface area contributed by atoms with Gasteiger partial charge >= 0.3 is 5.97 Å². The van der Waals surface area contributed by atoms with E-state index in [4.69, 9.17) is 18.9 Å². The van der Waals surface area contributed by atoms with Crippen LogP contribution in [0.1, 0.15) is 51.2 Å². The van der Waals surface area contributed by atoms with Gasteiger partial charge in [0.25, 0.3) is 0 Å². The van der Waals surface area contributed by atoms with Gasteiger partial charge < -0.3 is 18.9 Å². The van der Waals surface area contributed by atoms with E-state index in [9.17, 15) is 4.79 Å². The molecular formula is C22H34O5. The summed E-state index contributed by atoms with van der Waals surface area (Å²) in [6, 6.07) is 6.26. The van der Waals surface area contributed by atoms with Gasteiger partial charge in [-0.05, 0) is 36.0 Å². The first kappa shape index (κ1) is 21.7. The first-order chi connectivity index (χ1) is 13.0. The average Bonchev–Trinajstić information content (AvgIpc) is 3.03. The highest BCUT2D eigenvalue weighted by Gasteiger charge is 2.35. The van der Waals surface area contributed by atoms with Crippen molar-refractivity contribution in [2.75, 3.05) is 26.9 Å². The Balaban J connectivity index is 1.76. The Morgan fingerprint density at radius 1 is 1.22 bits per heavy atom. The molecule has 1 aromatic carbocycles. The second kappa shape index (κ2) is 11.3. The van der Waals surface area contributed by atoms with Crippen molar-refractivity contribution < 1.29 is 23.7 Å². The number of hydrogen-bond acceptors (Lipinski definition) is 5. The van der Waals surface area contributed by atoms with Crippen LogP contribution >= 0.6 is 0 Å². The maximum Gasteiger partial charge on any atom is 0.309 e. The summed E-state index contributed by atoms with van der Waals surface area (Å²) in [6.45, 7) is 8.73. The zero-order valence-corrected chi connectivity index (χ0v) is 17.2. The molecule has 0 saturated carbocycles. The molecule has 0 radical (unpaired) electrons. The van der Waals surface area contributed by atoms with E-state index >= 15 is 0 Å². The van der Waals surface area contributed by atoms with E-state index in [1.165, 1.54) is 5.56 Å². The molecule has 0 aliphatic carbocycles. The fraction of sp³-hybridized carbons (Fsp3) is 0.682. The third kappa shape index (κ3) is 6.82. The topological polar surface area (TPSA) is 54.0 Å². The molecule has 0 amide bonds. The standard InChI is InChI=1S/C22H34O5/c1-5-18-8-7-17(13-21(18)26-11-6-10-24-4)15-25-12-9-19-14-20(16(2)3)22(23)27-19/h7-8,13,16,19-20H,5-6,9-12,14-15H2,1-4H3/t19?,20-/m0/s1.